The minimum atomic E-state index is -0.221. The lowest BCUT2D eigenvalue weighted by atomic mass is 10.1. The Balaban J connectivity index is 2.04. The first-order chi connectivity index (χ1) is 10.2. The zero-order valence-electron chi connectivity index (χ0n) is 12.0. The third-order valence-electron chi connectivity index (χ3n) is 3.06. The molecule has 0 spiro atoms. The predicted octanol–water partition coefficient (Wildman–Crippen LogP) is 1.15. The molecule has 0 fully saturated rings. The fourth-order valence-corrected chi connectivity index (χ4v) is 1.99. The fourth-order valence-electron chi connectivity index (χ4n) is 1.99. The Kier molecular flexibility index (Phi) is 5.39. The van der Waals surface area contributed by atoms with Crippen LogP contribution in [0, 0.1) is 0 Å². The van der Waals surface area contributed by atoms with E-state index in [0.29, 0.717) is 11.5 Å². The van der Waals surface area contributed by atoms with Gasteiger partial charge in [-0.15, -0.1) is 5.10 Å². The highest BCUT2D eigenvalue weighted by atomic mass is 16.3. The van der Waals surface area contributed by atoms with Crippen LogP contribution in [0.4, 0.5) is 5.82 Å². The summed E-state index contributed by atoms with van der Waals surface area (Å²) in [5.41, 5.74) is 1.35. The summed E-state index contributed by atoms with van der Waals surface area (Å²) in [5, 5.41) is 19.8. The molecule has 0 atom stereocenters. The van der Waals surface area contributed by atoms with E-state index in [4.69, 9.17) is 0 Å². The molecule has 0 aliphatic rings. The maximum atomic E-state index is 12.0. The molecule has 7 nitrogen and oxygen atoms in total. The predicted molar refractivity (Wildman–Crippen MR) is 77.4 cm³/mol. The van der Waals surface area contributed by atoms with Crippen LogP contribution >= 0.6 is 0 Å². The van der Waals surface area contributed by atoms with E-state index in [1.54, 1.807) is 29.1 Å². The van der Waals surface area contributed by atoms with Crippen molar-refractivity contribution in [3.63, 3.8) is 0 Å². The quantitative estimate of drug-likeness (QED) is 0.797. The molecular formula is C14H19N5O2. The molecule has 1 amide bonds. The molecule has 0 saturated heterocycles. The van der Waals surface area contributed by atoms with E-state index < -0.39 is 0 Å². The number of anilines is 1. The molecule has 112 valence electrons. The Bertz CT molecular complexity index is 582. The lowest BCUT2D eigenvalue weighted by molar-refractivity contribution is -0.117. The molecule has 2 aromatic rings. The van der Waals surface area contributed by atoms with Crippen LogP contribution in [0.2, 0.25) is 0 Å². The number of pyridine rings is 1. The number of carbonyl (C=O) groups excluding carboxylic acids is 1. The summed E-state index contributed by atoms with van der Waals surface area (Å²) >= 11 is 0. The number of rotatable bonds is 7. The minimum Gasteiger partial charge on any atom is -0.390 e. The highest BCUT2D eigenvalue weighted by molar-refractivity contribution is 5.89. The molecule has 7 heteroatoms. The van der Waals surface area contributed by atoms with E-state index >= 15 is 0 Å². The lowest BCUT2D eigenvalue weighted by Crippen LogP contribution is -2.21. The molecule has 2 heterocycles. The summed E-state index contributed by atoms with van der Waals surface area (Å²) in [6, 6.07) is 5.30. The summed E-state index contributed by atoms with van der Waals surface area (Å²) < 4.78 is 1.54. The third-order valence-corrected chi connectivity index (χ3v) is 3.06. The number of nitrogens with zero attached hydrogens (tertiary/aromatic N) is 4. The summed E-state index contributed by atoms with van der Waals surface area (Å²) in [6.45, 7) is 1.98. The molecule has 0 saturated carbocycles. The summed E-state index contributed by atoms with van der Waals surface area (Å²) in [5.74, 6) is 0.279. The number of aliphatic hydroxyl groups is 1. The summed E-state index contributed by atoms with van der Waals surface area (Å²) in [6.07, 6.45) is 4.34. The van der Waals surface area contributed by atoms with Crippen molar-refractivity contribution in [1.29, 1.82) is 0 Å². The largest absolute Gasteiger partial charge is 0.390 e. The SMILES string of the molecule is CCCCc1c(CO)nnn1CC(=O)Nc1ccccn1. The van der Waals surface area contributed by atoms with Gasteiger partial charge in [-0.3, -0.25) is 4.79 Å². The number of unbranched alkanes of at least 4 members (excludes halogenated alkanes) is 1. The highest BCUT2D eigenvalue weighted by Crippen LogP contribution is 2.10. The normalized spacial score (nSPS) is 10.6. The maximum absolute atomic E-state index is 12.0. The molecule has 2 N–H and O–H groups in total. The molecule has 0 radical (unpaired) electrons. The van der Waals surface area contributed by atoms with Crippen LogP contribution in [0.1, 0.15) is 31.2 Å². The van der Waals surface area contributed by atoms with Crippen molar-refractivity contribution in [2.75, 3.05) is 5.32 Å². The molecule has 0 aliphatic heterocycles. The van der Waals surface area contributed by atoms with Gasteiger partial charge >= 0.3 is 0 Å². The standard InChI is InChI=1S/C14H19N5O2/c1-2-3-6-12-11(10-20)17-18-19(12)9-14(21)16-13-7-4-5-8-15-13/h4-5,7-8,20H,2-3,6,9-10H2,1H3,(H,15,16,21). The van der Waals surface area contributed by atoms with Gasteiger partial charge in [0.1, 0.15) is 18.1 Å². The van der Waals surface area contributed by atoms with E-state index in [0.717, 1.165) is 25.0 Å². The number of hydrogen-bond donors (Lipinski definition) is 2. The summed E-state index contributed by atoms with van der Waals surface area (Å²) in [4.78, 5) is 16.0. The van der Waals surface area contributed by atoms with Gasteiger partial charge < -0.3 is 10.4 Å². The molecule has 2 rings (SSSR count). The lowest BCUT2D eigenvalue weighted by Gasteiger charge is -2.07. The van der Waals surface area contributed by atoms with Crippen LogP contribution in [-0.2, 0) is 24.4 Å². The topological polar surface area (TPSA) is 92.9 Å². The van der Waals surface area contributed by atoms with Gasteiger partial charge in [-0.1, -0.05) is 24.6 Å². The maximum Gasteiger partial charge on any atom is 0.247 e. The molecule has 0 aromatic carbocycles. The Morgan fingerprint density at radius 3 is 2.95 bits per heavy atom. The first-order valence-corrected chi connectivity index (χ1v) is 6.97. The first-order valence-electron chi connectivity index (χ1n) is 6.97. The number of aromatic nitrogens is 4. The Hall–Kier alpha value is -2.28. The van der Waals surface area contributed by atoms with E-state index in [2.05, 4.69) is 27.5 Å². The van der Waals surface area contributed by atoms with Crippen molar-refractivity contribution < 1.29 is 9.90 Å². The highest BCUT2D eigenvalue weighted by Gasteiger charge is 2.14. The second-order valence-corrected chi connectivity index (χ2v) is 4.67. The Morgan fingerprint density at radius 2 is 2.29 bits per heavy atom. The van der Waals surface area contributed by atoms with Crippen molar-refractivity contribution >= 4 is 11.7 Å². The van der Waals surface area contributed by atoms with Gasteiger partial charge in [0.2, 0.25) is 5.91 Å². The van der Waals surface area contributed by atoms with E-state index in [1.807, 2.05) is 0 Å². The monoisotopic (exact) mass is 289 g/mol. The van der Waals surface area contributed by atoms with Gasteiger partial charge in [-0.25, -0.2) is 9.67 Å². The van der Waals surface area contributed by atoms with Crippen molar-refractivity contribution in [2.24, 2.45) is 0 Å². The average Bonchev–Trinajstić information content (AvgIpc) is 2.87. The minimum absolute atomic E-state index is 0.0582. The first kappa shape index (κ1) is 15.1. The number of nitrogens with one attached hydrogen (secondary N) is 1. The fraction of sp³-hybridized carbons (Fsp3) is 0.429. The van der Waals surface area contributed by atoms with E-state index in [9.17, 15) is 9.90 Å². The number of hydrogen-bond acceptors (Lipinski definition) is 5. The van der Waals surface area contributed by atoms with Crippen LogP contribution in [-0.4, -0.2) is 31.0 Å². The molecule has 0 bridgehead atoms. The Morgan fingerprint density at radius 1 is 1.43 bits per heavy atom. The summed E-state index contributed by atoms with van der Waals surface area (Å²) in [7, 11) is 0. The molecular weight excluding hydrogens is 270 g/mol. The molecule has 2 aromatic heterocycles. The van der Waals surface area contributed by atoms with E-state index in [1.165, 1.54) is 0 Å². The molecule has 0 unspecified atom stereocenters. The van der Waals surface area contributed by atoms with Crippen molar-refractivity contribution in [1.82, 2.24) is 20.0 Å². The Labute approximate surface area is 123 Å². The van der Waals surface area contributed by atoms with Crippen molar-refractivity contribution in [3.05, 3.63) is 35.8 Å². The van der Waals surface area contributed by atoms with Crippen LogP contribution in [0.5, 0.6) is 0 Å². The van der Waals surface area contributed by atoms with Crippen molar-refractivity contribution in [3.8, 4) is 0 Å². The zero-order chi connectivity index (χ0) is 15.1. The van der Waals surface area contributed by atoms with E-state index in [-0.39, 0.29) is 19.1 Å². The van der Waals surface area contributed by atoms with Gasteiger partial charge in [-0.05, 0) is 25.0 Å². The smallest absolute Gasteiger partial charge is 0.247 e. The third kappa shape index (κ3) is 4.09. The second-order valence-electron chi connectivity index (χ2n) is 4.67. The number of carbonyl (C=O) groups is 1. The van der Waals surface area contributed by atoms with Crippen molar-refractivity contribution in [2.45, 2.75) is 39.3 Å². The van der Waals surface area contributed by atoms with Crippen LogP contribution in [0.15, 0.2) is 24.4 Å². The zero-order valence-corrected chi connectivity index (χ0v) is 12.0. The van der Waals surface area contributed by atoms with Crippen LogP contribution < -0.4 is 5.32 Å². The van der Waals surface area contributed by atoms with Gasteiger partial charge in [-0.2, -0.15) is 0 Å². The van der Waals surface area contributed by atoms with Crippen LogP contribution in [0.3, 0.4) is 0 Å². The second kappa shape index (κ2) is 7.49. The van der Waals surface area contributed by atoms with Gasteiger partial charge in [0, 0.05) is 6.20 Å². The van der Waals surface area contributed by atoms with Gasteiger partial charge in [0.15, 0.2) is 0 Å². The number of amides is 1. The average molecular weight is 289 g/mol. The van der Waals surface area contributed by atoms with Gasteiger partial charge in [0.25, 0.3) is 0 Å². The van der Waals surface area contributed by atoms with Gasteiger partial charge in [0.05, 0.1) is 12.3 Å². The van der Waals surface area contributed by atoms with Crippen LogP contribution in [0.25, 0.3) is 0 Å². The molecule has 0 aliphatic carbocycles. The molecule has 21 heavy (non-hydrogen) atoms. The number of aliphatic hydroxyl groups excluding tert-OH is 1.